The summed E-state index contributed by atoms with van der Waals surface area (Å²) < 4.78 is 5.75. The molecule has 0 radical (unpaired) electrons. The highest BCUT2D eigenvalue weighted by atomic mass is 32.2. The Bertz CT molecular complexity index is 226. The zero-order chi connectivity index (χ0) is 18.1. The molecule has 0 amide bonds. The minimum Gasteiger partial charge on any atom is -0.194 e. The van der Waals surface area contributed by atoms with Crippen LogP contribution >= 0.6 is 11.8 Å². The van der Waals surface area contributed by atoms with Crippen LogP contribution in [0.3, 0.4) is 0 Å². The minimum atomic E-state index is 0.916. The van der Waals surface area contributed by atoms with Crippen molar-refractivity contribution in [3.8, 4) is 0 Å². The molecular formula is C20H44N2S. The molecule has 0 atom stereocenters. The summed E-state index contributed by atoms with van der Waals surface area (Å²) >= 11 is 1.89. The standard InChI is InChI=1S/C19H40N2S.CH4/c1-3-4-5-6-7-8-9-10-11-12-13-14-15-17-20-21-18-16-19-22-2;/h3-19H2,1-2H3;1H4/i;1D. The van der Waals surface area contributed by atoms with Gasteiger partial charge in [0, 0.05) is 1.37 Å². The van der Waals surface area contributed by atoms with E-state index < -0.39 is 0 Å². The second-order valence-electron chi connectivity index (χ2n) is 6.32. The zero-order valence-corrected chi connectivity index (χ0v) is 17.1. The fourth-order valence-electron chi connectivity index (χ4n) is 2.62. The Labute approximate surface area is 153 Å². The highest BCUT2D eigenvalue weighted by Crippen LogP contribution is 2.12. The van der Waals surface area contributed by atoms with Crippen molar-refractivity contribution in [2.75, 3.05) is 25.1 Å². The topological polar surface area (TPSA) is 24.7 Å². The molecule has 140 valence electrons. The molecule has 0 N–H and O–H groups in total. The van der Waals surface area contributed by atoms with Crippen LogP contribution in [0.1, 0.15) is 106 Å². The van der Waals surface area contributed by atoms with Crippen LogP contribution in [0.4, 0.5) is 0 Å². The minimum absolute atomic E-state index is 0.916. The van der Waals surface area contributed by atoms with Gasteiger partial charge < -0.3 is 0 Å². The lowest BCUT2D eigenvalue weighted by molar-refractivity contribution is 0.539. The van der Waals surface area contributed by atoms with E-state index in [0.29, 0.717) is 0 Å². The molecule has 0 aliphatic carbocycles. The van der Waals surface area contributed by atoms with E-state index in [1.165, 1.54) is 103 Å². The van der Waals surface area contributed by atoms with Gasteiger partial charge in [0.15, 0.2) is 0 Å². The van der Waals surface area contributed by atoms with Gasteiger partial charge in [0.05, 0.1) is 13.1 Å². The van der Waals surface area contributed by atoms with E-state index in [2.05, 4.69) is 23.4 Å². The lowest BCUT2D eigenvalue weighted by Gasteiger charge is -2.02. The van der Waals surface area contributed by atoms with Crippen molar-refractivity contribution in [2.24, 2.45) is 10.2 Å². The van der Waals surface area contributed by atoms with E-state index in [9.17, 15) is 0 Å². The van der Waals surface area contributed by atoms with Crippen LogP contribution < -0.4 is 0 Å². The summed E-state index contributed by atoms with van der Waals surface area (Å²) in [5, 5.41) is 8.46. The van der Waals surface area contributed by atoms with Crippen molar-refractivity contribution in [1.82, 2.24) is 0 Å². The van der Waals surface area contributed by atoms with Crippen molar-refractivity contribution < 1.29 is 1.37 Å². The maximum absolute atomic E-state index is 5.75. The normalized spacial score (nSPS) is 11.3. The van der Waals surface area contributed by atoms with Crippen molar-refractivity contribution in [3.63, 3.8) is 0 Å². The first-order chi connectivity index (χ1) is 11.9. The van der Waals surface area contributed by atoms with Crippen molar-refractivity contribution in [3.05, 3.63) is 0 Å². The summed E-state index contributed by atoms with van der Waals surface area (Å²) in [4.78, 5) is 0. The maximum Gasteiger partial charge on any atom is 0.0606 e. The Kier molecular flexibility index (Phi) is 24.2. The van der Waals surface area contributed by atoms with E-state index in [-0.39, 0.29) is 0 Å². The van der Waals surface area contributed by atoms with Gasteiger partial charge in [-0.05, 0) is 24.9 Å². The van der Waals surface area contributed by atoms with Crippen LogP contribution in [0.25, 0.3) is 0 Å². The highest BCUT2D eigenvalue weighted by Gasteiger charge is 1.93. The highest BCUT2D eigenvalue weighted by molar-refractivity contribution is 7.98. The molecule has 0 aromatic heterocycles. The fraction of sp³-hybridized carbons (Fsp3) is 1.00. The Balaban J connectivity index is 0. The van der Waals surface area contributed by atoms with E-state index in [0.717, 1.165) is 13.1 Å². The molecule has 0 fully saturated rings. The summed E-state index contributed by atoms with van der Waals surface area (Å²) in [6.45, 7) is 4.14. The molecule has 0 heterocycles. The molecule has 0 aliphatic heterocycles. The van der Waals surface area contributed by atoms with Crippen LogP contribution in [0.5, 0.6) is 0 Å². The molecular weight excluding hydrogens is 300 g/mol. The van der Waals surface area contributed by atoms with E-state index in [4.69, 9.17) is 1.37 Å². The second-order valence-corrected chi connectivity index (χ2v) is 7.30. The average Bonchev–Trinajstić information content (AvgIpc) is 2.62. The monoisotopic (exact) mass is 345 g/mol. The fourth-order valence-corrected chi connectivity index (χ4v) is 3.04. The summed E-state index contributed by atoms with van der Waals surface area (Å²) in [6.07, 6.45) is 21.6. The predicted octanol–water partition coefficient (Wildman–Crippen LogP) is 7.92. The largest absolute Gasteiger partial charge is 0.194 e. The summed E-state index contributed by atoms with van der Waals surface area (Å²) in [7, 11) is 1.25. The van der Waals surface area contributed by atoms with E-state index >= 15 is 0 Å². The molecule has 0 aliphatic rings. The molecule has 0 spiro atoms. The Morgan fingerprint density at radius 3 is 1.48 bits per heavy atom. The van der Waals surface area contributed by atoms with Gasteiger partial charge in [-0.3, -0.25) is 0 Å². The number of azo groups is 1. The zero-order valence-electron chi connectivity index (χ0n) is 17.3. The van der Waals surface area contributed by atoms with Gasteiger partial charge in [-0.1, -0.05) is 91.4 Å². The van der Waals surface area contributed by atoms with Crippen LogP contribution in [-0.2, 0) is 0 Å². The third-order valence-electron chi connectivity index (χ3n) is 4.07. The quantitative estimate of drug-likeness (QED) is 0.183. The molecule has 0 aromatic carbocycles. The van der Waals surface area contributed by atoms with E-state index in [1.54, 1.807) is 0 Å². The summed E-state index contributed by atoms with van der Waals surface area (Å²) in [5.41, 5.74) is 0. The molecule has 0 bridgehead atoms. The van der Waals surface area contributed by atoms with Gasteiger partial charge in [0.25, 0.3) is 0 Å². The third-order valence-corrected chi connectivity index (χ3v) is 4.77. The van der Waals surface area contributed by atoms with Gasteiger partial charge in [-0.2, -0.15) is 22.0 Å². The summed E-state index contributed by atoms with van der Waals surface area (Å²) in [6, 6.07) is 0. The number of unbranched alkanes of at least 4 members (excludes halogenated alkanes) is 12. The lowest BCUT2D eigenvalue weighted by Crippen LogP contribution is -1.86. The van der Waals surface area contributed by atoms with E-state index in [1.807, 2.05) is 11.8 Å². The Hall–Kier alpha value is -0.0500. The molecule has 0 unspecified atom stereocenters. The first-order valence-corrected chi connectivity index (χ1v) is 11.1. The molecule has 2 nitrogen and oxygen atoms in total. The van der Waals surface area contributed by atoms with Gasteiger partial charge >= 0.3 is 0 Å². The second kappa shape index (κ2) is 24.2. The molecule has 3 heteroatoms. The van der Waals surface area contributed by atoms with Crippen molar-refractivity contribution >= 4 is 11.8 Å². The van der Waals surface area contributed by atoms with Crippen molar-refractivity contribution in [1.29, 1.82) is 0 Å². The molecule has 0 rings (SSSR count). The molecule has 0 saturated carbocycles. The van der Waals surface area contributed by atoms with Crippen LogP contribution in [0, 0.1) is 0 Å². The number of nitrogens with zero attached hydrogens (tertiary/aromatic N) is 2. The first-order valence-electron chi connectivity index (χ1n) is 10.7. The van der Waals surface area contributed by atoms with Gasteiger partial charge in [0.2, 0.25) is 0 Å². The number of hydrogen-bond donors (Lipinski definition) is 0. The number of hydrogen-bond acceptors (Lipinski definition) is 3. The number of rotatable bonds is 18. The summed E-state index contributed by atoms with van der Waals surface area (Å²) in [5.74, 6) is 1.21. The van der Waals surface area contributed by atoms with Crippen molar-refractivity contribution in [2.45, 2.75) is 104 Å². The van der Waals surface area contributed by atoms with Crippen LogP contribution in [0.15, 0.2) is 10.2 Å². The molecule has 0 saturated heterocycles. The number of thioether (sulfide) groups is 1. The van der Waals surface area contributed by atoms with Crippen LogP contribution in [0.2, 0.25) is 0 Å². The molecule has 0 aromatic rings. The predicted molar refractivity (Wildman–Crippen MR) is 110 cm³/mol. The van der Waals surface area contributed by atoms with Crippen LogP contribution in [-0.4, -0.2) is 25.1 Å². The molecule has 23 heavy (non-hydrogen) atoms. The Morgan fingerprint density at radius 2 is 1.04 bits per heavy atom. The average molecular weight is 346 g/mol. The third kappa shape index (κ3) is 24.3. The lowest BCUT2D eigenvalue weighted by atomic mass is 10.0. The first kappa shape index (κ1) is 22.9. The van der Waals surface area contributed by atoms with Gasteiger partial charge in [0.1, 0.15) is 0 Å². The van der Waals surface area contributed by atoms with Gasteiger partial charge in [-0.25, -0.2) is 0 Å². The SMILES string of the molecule is CCCCCCCCCCCCCCCN=NCCCSC.[2H]C. The smallest absolute Gasteiger partial charge is 0.0606 e. The maximum atomic E-state index is 5.75. The Morgan fingerprint density at radius 1 is 0.652 bits per heavy atom. The van der Waals surface area contributed by atoms with Gasteiger partial charge in [-0.15, -0.1) is 0 Å².